The van der Waals surface area contributed by atoms with Crippen molar-refractivity contribution in [3.63, 3.8) is 0 Å². The van der Waals surface area contributed by atoms with Gasteiger partial charge in [0.15, 0.2) is 0 Å². The average Bonchev–Trinajstić information content (AvgIpc) is 2.26. The van der Waals surface area contributed by atoms with Gasteiger partial charge >= 0.3 is 0 Å². The fraction of sp³-hybridized carbons (Fsp3) is 0.417. The summed E-state index contributed by atoms with van der Waals surface area (Å²) in [6.07, 6.45) is 1.84. The van der Waals surface area contributed by atoms with Crippen molar-refractivity contribution in [2.45, 2.75) is 25.1 Å². The average molecular weight is 295 g/mol. The van der Waals surface area contributed by atoms with Gasteiger partial charge < -0.3 is 5.32 Å². The van der Waals surface area contributed by atoms with E-state index < -0.39 is 0 Å². The van der Waals surface area contributed by atoms with E-state index in [0.29, 0.717) is 22.2 Å². The van der Waals surface area contributed by atoms with E-state index in [2.05, 4.69) is 5.32 Å². The summed E-state index contributed by atoms with van der Waals surface area (Å²) < 4.78 is 0. The number of carbonyl (C=O) groups is 1. The highest BCUT2D eigenvalue weighted by atomic mass is 35.5. The normalized spacial score (nSPS) is 12.2. The Kier molecular flexibility index (Phi) is 6.10. The van der Waals surface area contributed by atoms with Gasteiger partial charge in [0, 0.05) is 6.54 Å². The molecule has 1 rings (SSSR count). The van der Waals surface area contributed by atoms with E-state index in [1.165, 1.54) is 0 Å². The molecule has 0 saturated carbocycles. The second-order valence-electron chi connectivity index (χ2n) is 3.69. The van der Waals surface area contributed by atoms with Crippen LogP contribution in [0.3, 0.4) is 0 Å². The SMILES string of the molecule is CCCC(Cl)CNC(=O)c1c(Cl)cccc1Cl. The number of nitrogens with one attached hydrogen (secondary N) is 1. The first-order chi connectivity index (χ1) is 8.06. The van der Waals surface area contributed by atoms with Gasteiger partial charge in [0.1, 0.15) is 0 Å². The molecule has 1 aromatic rings. The molecule has 0 aliphatic rings. The molecule has 0 aliphatic carbocycles. The molecular formula is C12H14Cl3NO. The molecule has 0 heterocycles. The van der Waals surface area contributed by atoms with Crippen molar-refractivity contribution in [2.75, 3.05) is 6.54 Å². The van der Waals surface area contributed by atoms with Gasteiger partial charge in [-0.05, 0) is 18.6 Å². The molecular weight excluding hydrogens is 280 g/mol. The zero-order chi connectivity index (χ0) is 12.8. The van der Waals surface area contributed by atoms with Gasteiger partial charge in [-0.3, -0.25) is 4.79 Å². The first-order valence-electron chi connectivity index (χ1n) is 5.42. The minimum atomic E-state index is -0.289. The van der Waals surface area contributed by atoms with Crippen molar-refractivity contribution < 1.29 is 4.79 Å². The monoisotopic (exact) mass is 293 g/mol. The molecule has 0 saturated heterocycles. The zero-order valence-corrected chi connectivity index (χ0v) is 11.7. The topological polar surface area (TPSA) is 29.1 Å². The Morgan fingerprint density at radius 2 is 1.94 bits per heavy atom. The van der Waals surface area contributed by atoms with Crippen LogP contribution in [0.15, 0.2) is 18.2 Å². The molecule has 1 aromatic carbocycles. The fourth-order valence-corrected chi connectivity index (χ4v) is 2.29. The molecule has 1 atom stereocenters. The van der Waals surface area contributed by atoms with E-state index in [0.717, 1.165) is 12.8 Å². The quantitative estimate of drug-likeness (QED) is 0.813. The predicted octanol–water partition coefficient (Wildman–Crippen LogP) is 4.13. The van der Waals surface area contributed by atoms with Crippen LogP contribution in [0.5, 0.6) is 0 Å². The van der Waals surface area contributed by atoms with Gasteiger partial charge in [-0.1, -0.05) is 42.6 Å². The lowest BCUT2D eigenvalue weighted by atomic mass is 10.2. The number of benzene rings is 1. The van der Waals surface area contributed by atoms with Gasteiger partial charge in [0.25, 0.3) is 5.91 Å². The summed E-state index contributed by atoms with van der Waals surface area (Å²) in [5, 5.41) is 3.35. The van der Waals surface area contributed by atoms with Crippen LogP contribution in [0.25, 0.3) is 0 Å². The minimum Gasteiger partial charge on any atom is -0.350 e. The molecule has 1 amide bonds. The van der Waals surface area contributed by atoms with E-state index in [9.17, 15) is 4.79 Å². The number of halogens is 3. The number of amides is 1. The predicted molar refractivity (Wildman–Crippen MR) is 73.3 cm³/mol. The number of hydrogen-bond acceptors (Lipinski definition) is 1. The molecule has 1 unspecified atom stereocenters. The lowest BCUT2D eigenvalue weighted by Crippen LogP contribution is -2.30. The number of hydrogen-bond donors (Lipinski definition) is 1. The van der Waals surface area contributed by atoms with Crippen LogP contribution in [0, 0.1) is 0 Å². The Balaban J connectivity index is 2.64. The second kappa shape index (κ2) is 7.10. The Hall–Kier alpha value is -0.440. The van der Waals surface area contributed by atoms with Crippen molar-refractivity contribution in [1.82, 2.24) is 5.32 Å². The van der Waals surface area contributed by atoms with E-state index >= 15 is 0 Å². The van der Waals surface area contributed by atoms with Crippen LogP contribution in [-0.2, 0) is 0 Å². The molecule has 0 spiro atoms. The Labute approximate surface area is 116 Å². The van der Waals surface area contributed by atoms with Crippen molar-refractivity contribution in [2.24, 2.45) is 0 Å². The van der Waals surface area contributed by atoms with E-state index in [-0.39, 0.29) is 11.3 Å². The first-order valence-corrected chi connectivity index (χ1v) is 6.61. The molecule has 2 nitrogen and oxygen atoms in total. The third-order valence-electron chi connectivity index (χ3n) is 2.28. The van der Waals surface area contributed by atoms with Gasteiger partial charge in [-0.2, -0.15) is 0 Å². The van der Waals surface area contributed by atoms with E-state index in [1.807, 2.05) is 6.92 Å². The molecule has 94 valence electrons. The van der Waals surface area contributed by atoms with E-state index in [1.54, 1.807) is 18.2 Å². The summed E-state index contributed by atoms with van der Waals surface area (Å²) in [6.45, 7) is 2.46. The molecule has 0 fully saturated rings. The standard InChI is InChI=1S/C12H14Cl3NO/c1-2-4-8(13)7-16-12(17)11-9(14)5-3-6-10(11)15/h3,5-6,8H,2,4,7H2,1H3,(H,16,17). The smallest absolute Gasteiger partial charge is 0.254 e. The molecule has 1 N–H and O–H groups in total. The number of alkyl halides is 1. The van der Waals surface area contributed by atoms with Gasteiger partial charge in [0.2, 0.25) is 0 Å². The van der Waals surface area contributed by atoms with Crippen molar-refractivity contribution >= 4 is 40.7 Å². The van der Waals surface area contributed by atoms with Gasteiger partial charge in [0.05, 0.1) is 21.0 Å². The fourth-order valence-electron chi connectivity index (χ4n) is 1.42. The number of rotatable bonds is 5. The van der Waals surface area contributed by atoms with Gasteiger partial charge in [-0.15, -0.1) is 11.6 Å². The summed E-state index contributed by atoms with van der Waals surface area (Å²) in [4.78, 5) is 11.9. The largest absolute Gasteiger partial charge is 0.350 e. The zero-order valence-electron chi connectivity index (χ0n) is 9.47. The summed E-state index contributed by atoms with van der Waals surface area (Å²) >= 11 is 17.9. The van der Waals surface area contributed by atoms with Crippen molar-refractivity contribution in [3.05, 3.63) is 33.8 Å². The van der Waals surface area contributed by atoms with Crippen molar-refractivity contribution in [1.29, 1.82) is 0 Å². The molecule has 0 bridgehead atoms. The Bertz CT molecular complexity index is 375. The molecule has 5 heteroatoms. The highest BCUT2D eigenvalue weighted by Gasteiger charge is 2.15. The third-order valence-corrected chi connectivity index (χ3v) is 3.28. The summed E-state index contributed by atoms with van der Waals surface area (Å²) in [7, 11) is 0. The van der Waals surface area contributed by atoms with Crippen LogP contribution in [0.2, 0.25) is 10.0 Å². The summed E-state index contributed by atoms with van der Waals surface area (Å²) in [6, 6.07) is 4.96. The lowest BCUT2D eigenvalue weighted by Gasteiger charge is -2.11. The highest BCUT2D eigenvalue weighted by Crippen LogP contribution is 2.23. The Morgan fingerprint density at radius 3 is 2.47 bits per heavy atom. The summed E-state index contributed by atoms with van der Waals surface area (Å²) in [5.41, 5.74) is 0.302. The Morgan fingerprint density at radius 1 is 1.35 bits per heavy atom. The van der Waals surface area contributed by atoms with Crippen molar-refractivity contribution in [3.8, 4) is 0 Å². The number of carbonyl (C=O) groups excluding carboxylic acids is 1. The third kappa shape index (κ3) is 4.38. The highest BCUT2D eigenvalue weighted by molar-refractivity contribution is 6.39. The minimum absolute atomic E-state index is 0.0646. The van der Waals surface area contributed by atoms with Crippen LogP contribution in [-0.4, -0.2) is 17.8 Å². The van der Waals surface area contributed by atoms with Crippen LogP contribution >= 0.6 is 34.8 Å². The summed E-state index contributed by atoms with van der Waals surface area (Å²) in [5.74, 6) is -0.289. The maximum atomic E-state index is 11.9. The molecule has 0 aromatic heterocycles. The maximum Gasteiger partial charge on any atom is 0.254 e. The van der Waals surface area contributed by atoms with Gasteiger partial charge in [-0.25, -0.2) is 0 Å². The maximum absolute atomic E-state index is 11.9. The van der Waals surface area contributed by atoms with Crippen LogP contribution in [0.1, 0.15) is 30.1 Å². The van der Waals surface area contributed by atoms with Crippen LogP contribution < -0.4 is 5.32 Å². The van der Waals surface area contributed by atoms with Crippen LogP contribution in [0.4, 0.5) is 0 Å². The molecule has 0 aliphatic heterocycles. The molecule has 0 radical (unpaired) electrons. The lowest BCUT2D eigenvalue weighted by molar-refractivity contribution is 0.0953. The first kappa shape index (κ1) is 14.6. The van der Waals surface area contributed by atoms with E-state index in [4.69, 9.17) is 34.8 Å². The second-order valence-corrected chi connectivity index (χ2v) is 5.12. The molecule has 17 heavy (non-hydrogen) atoms.